The van der Waals surface area contributed by atoms with Gasteiger partial charge in [-0.3, -0.25) is 4.79 Å². The summed E-state index contributed by atoms with van der Waals surface area (Å²) < 4.78 is 5.52. The average Bonchev–Trinajstić information content (AvgIpc) is 2.54. The molecule has 5 nitrogen and oxygen atoms in total. The van der Waals surface area contributed by atoms with E-state index >= 15 is 0 Å². The fourth-order valence-electron chi connectivity index (χ4n) is 1.88. The van der Waals surface area contributed by atoms with Crippen LogP contribution in [0, 0.1) is 6.92 Å². The fourth-order valence-corrected chi connectivity index (χ4v) is 1.88. The van der Waals surface area contributed by atoms with Gasteiger partial charge in [-0.15, -0.1) is 0 Å². The molecule has 0 saturated carbocycles. The number of nitrogens with zero attached hydrogens (tertiary/aromatic N) is 1. The van der Waals surface area contributed by atoms with E-state index in [1.807, 2.05) is 31.2 Å². The maximum absolute atomic E-state index is 12.0. The number of aliphatic imine (C=N–C) groups is 1. The number of benzene rings is 2. The molecule has 2 aromatic rings. The molecule has 22 heavy (non-hydrogen) atoms. The standard InChI is InChI=1S/C17H16N2O3/c1-13-6-8-14(9-7-13)22-11-10-18-17(21)15-4-2-3-5-16(15)19-12-20/h2-9H,10-11H2,1H3,(H,18,21). The van der Waals surface area contributed by atoms with Gasteiger partial charge >= 0.3 is 0 Å². The van der Waals surface area contributed by atoms with Gasteiger partial charge in [0, 0.05) is 0 Å². The Hall–Kier alpha value is -2.91. The summed E-state index contributed by atoms with van der Waals surface area (Å²) in [6.07, 6.45) is 1.44. The van der Waals surface area contributed by atoms with E-state index in [4.69, 9.17) is 4.74 Å². The summed E-state index contributed by atoms with van der Waals surface area (Å²) in [7, 11) is 0. The minimum Gasteiger partial charge on any atom is -0.492 e. The molecule has 112 valence electrons. The number of isocyanates is 1. The van der Waals surface area contributed by atoms with Gasteiger partial charge in [-0.05, 0) is 31.2 Å². The molecular formula is C17H16N2O3. The van der Waals surface area contributed by atoms with Crippen molar-refractivity contribution in [3.8, 4) is 5.75 Å². The quantitative estimate of drug-likeness (QED) is 0.506. The monoisotopic (exact) mass is 296 g/mol. The van der Waals surface area contributed by atoms with Crippen LogP contribution < -0.4 is 10.1 Å². The Labute approximate surface area is 128 Å². The first-order valence-corrected chi connectivity index (χ1v) is 6.85. The Kier molecular flexibility index (Phi) is 5.46. The van der Waals surface area contributed by atoms with Crippen molar-refractivity contribution in [2.75, 3.05) is 13.2 Å². The summed E-state index contributed by atoms with van der Waals surface area (Å²) in [6.45, 7) is 2.71. The van der Waals surface area contributed by atoms with Crippen LogP contribution in [0.2, 0.25) is 0 Å². The summed E-state index contributed by atoms with van der Waals surface area (Å²) in [5.74, 6) is 0.452. The summed E-state index contributed by atoms with van der Waals surface area (Å²) in [5.41, 5.74) is 1.80. The van der Waals surface area contributed by atoms with Crippen LogP contribution in [0.25, 0.3) is 0 Å². The van der Waals surface area contributed by atoms with E-state index in [1.54, 1.807) is 24.3 Å². The summed E-state index contributed by atoms with van der Waals surface area (Å²) in [5, 5.41) is 2.73. The molecule has 0 aliphatic rings. The highest BCUT2D eigenvalue weighted by molar-refractivity contribution is 5.99. The normalized spacial score (nSPS) is 9.68. The van der Waals surface area contributed by atoms with Crippen molar-refractivity contribution in [2.24, 2.45) is 4.99 Å². The predicted molar refractivity (Wildman–Crippen MR) is 83.2 cm³/mol. The van der Waals surface area contributed by atoms with Crippen LogP contribution in [0.3, 0.4) is 0 Å². The number of hydrogen-bond donors (Lipinski definition) is 1. The van der Waals surface area contributed by atoms with Crippen molar-refractivity contribution in [2.45, 2.75) is 6.92 Å². The molecule has 0 aromatic heterocycles. The Morgan fingerprint density at radius 3 is 2.64 bits per heavy atom. The zero-order chi connectivity index (χ0) is 15.8. The molecule has 0 spiro atoms. The lowest BCUT2D eigenvalue weighted by Crippen LogP contribution is -2.28. The summed E-state index contributed by atoms with van der Waals surface area (Å²) >= 11 is 0. The smallest absolute Gasteiger partial charge is 0.253 e. The van der Waals surface area contributed by atoms with Gasteiger partial charge in [0.1, 0.15) is 12.4 Å². The van der Waals surface area contributed by atoms with E-state index in [9.17, 15) is 9.59 Å². The number of aryl methyl sites for hydroxylation is 1. The molecule has 2 aromatic carbocycles. The number of nitrogens with one attached hydrogen (secondary N) is 1. The Balaban J connectivity index is 1.85. The largest absolute Gasteiger partial charge is 0.492 e. The van der Waals surface area contributed by atoms with Gasteiger partial charge in [-0.25, -0.2) is 4.79 Å². The first-order valence-electron chi connectivity index (χ1n) is 6.85. The molecular weight excluding hydrogens is 280 g/mol. The second-order valence-electron chi connectivity index (χ2n) is 4.64. The second kappa shape index (κ2) is 7.76. The number of carbonyl (C=O) groups is 1. The topological polar surface area (TPSA) is 67.8 Å². The van der Waals surface area contributed by atoms with Crippen LogP contribution in [-0.4, -0.2) is 25.1 Å². The zero-order valence-electron chi connectivity index (χ0n) is 12.2. The molecule has 0 heterocycles. The lowest BCUT2D eigenvalue weighted by Gasteiger charge is -2.09. The van der Waals surface area contributed by atoms with Crippen LogP contribution in [0.5, 0.6) is 5.75 Å². The lowest BCUT2D eigenvalue weighted by molar-refractivity contribution is 0.0947. The molecule has 0 aliphatic heterocycles. The Bertz CT molecular complexity index is 689. The van der Waals surface area contributed by atoms with Crippen LogP contribution in [0.4, 0.5) is 5.69 Å². The van der Waals surface area contributed by atoms with E-state index in [1.165, 1.54) is 6.08 Å². The molecule has 0 aliphatic carbocycles. The van der Waals surface area contributed by atoms with Crippen LogP contribution in [0.1, 0.15) is 15.9 Å². The molecule has 1 N–H and O–H groups in total. The number of amides is 1. The maximum atomic E-state index is 12.0. The molecule has 0 radical (unpaired) electrons. The summed E-state index contributed by atoms with van der Waals surface area (Å²) in [6, 6.07) is 14.3. The third-order valence-corrected chi connectivity index (χ3v) is 2.99. The lowest BCUT2D eigenvalue weighted by atomic mass is 10.1. The number of hydrogen-bond acceptors (Lipinski definition) is 4. The molecule has 0 saturated heterocycles. The van der Waals surface area contributed by atoms with Gasteiger partial charge in [0.15, 0.2) is 0 Å². The van der Waals surface area contributed by atoms with Crippen molar-refractivity contribution < 1.29 is 14.3 Å². The fraction of sp³-hybridized carbons (Fsp3) is 0.176. The van der Waals surface area contributed by atoms with Gasteiger partial charge in [0.2, 0.25) is 6.08 Å². The Morgan fingerprint density at radius 2 is 1.91 bits per heavy atom. The first-order chi connectivity index (χ1) is 10.7. The van der Waals surface area contributed by atoms with Crippen LogP contribution >= 0.6 is 0 Å². The SMILES string of the molecule is Cc1ccc(OCCNC(=O)c2ccccc2N=C=O)cc1. The van der Waals surface area contributed by atoms with Crippen molar-refractivity contribution in [1.29, 1.82) is 0 Å². The van der Waals surface area contributed by atoms with E-state index in [2.05, 4.69) is 10.3 Å². The van der Waals surface area contributed by atoms with Gasteiger partial charge in [0.25, 0.3) is 5.91 Å². The van der Waals surface area contributed by atoms with E-state index in [0.29, 0.717) is 24.4 Å². The molecule has 0 unspecified atom stereocenters. The predicted octanol–water partition coefficient (Wildman–Crippen LogP) is 2.77. The van der Waals surface area contributed by atoms with Crippen molar-refractivity contribution in [3.63, 3.8) is 0 Å². The zero-order valence-corrected chi connectivity index (χ0v) is 12.2. The highest BCUT2D eigenvalue weighted by Gasteiger charge is 2.09. The second-order valence-corrected chi connectivity index (χ2v) is 4.64. The highest BCUT2D eigenvalue weighted by Crippen LogP contribution is 2.17. The van der Waals surface area contributed by atoms with Gasteiger partial charge < -0.3 is 10.1 Å². The van der Waals surface area contributed by atoms with Gasteiger partial charge in [0.05, 0.1) is 17.8 Å². The van der Waals surface area contributed by atoms with E-state index in [-0.39, 0.29) is 5.91 Å². The third kappa shape index (κ3) is 4.30. The molecule has 5 heteroatoms. The third-order valence-electron chi connectivity index (χ3n) is 2.99. The number of carbonyl (C=O) groups excluding carboxylic acids is 2. The van der Waals surface area contributed by atoms with E-state index < -0.39 is 0 Å². The molecule has 0 atom stereocenters. The van der Waals surface area contributed by atoms with Crippen molar-refractivity contribution in [3.05, 3.63) is 59.7 Å². The van der Waals surface area contributed by atoms with Crippen molar-refractivity contribution in [1.82, 2.24) is 5.32 Å². The Morgan fingerprint density at radius 1 is 1.18 bits per heavy atom. The number of rotatable bonds is 6. The molecule has 0 bridgehead atoms. The molecule has 2 rings (SSSR count). The van der Waals surface area contributed by atoms with Crippen LogP contribution in [0.15, 0.2) is 53.5 Å². The van der Waals surface area contributed by atoms with E-state index in [0.717, 1.165) is 11.3 Å². The first kappa shape index (κ1) is 15.5. The van der Waals surface area contributed by atoms with Gasteiger partial charge in [-0.2, -0.15) is 4.99 Å². The number of ether oxygens (including phenoxy) is 1. The van der Waals surface area contributed by atoms with Crippen molar-refractivity contribution >= 4 is 17.7 Å². The summed E-state index contributed by atoms with van der Waals surface area (Å²) in [4.78, 5) is 25.9. The highest BCUT2D eigenvalue weighted by atomic mass is 16.5. The molecule has 0 fully saturated rings. The minimum atomic E-state index is -0.304. The van der Waals surface area contributed by atoms with Gasteiger partial charge in [-0.1, -0.05) is 29.8 Å². The number of para-hydroxylation sites is 1. The average molecular weight is 296 g/mol. The maximum Gasteiger partial charge on any atom is 0.253 e. The minimum absolute atomic E-state index is 0.300. The molecule has 1 amide bonds. The van der Waals surface area contributed by atoms with Crippen LogP contribution in [-0.2, 0) is 4.79 Å².